The fraction of sp³-hybridized carbons (Fsp3) is 0.471. The van der Waals surface area contributed by atoms with Crippen molar-refractivity contribution in [3.05, 3.63) is 42.5 Å². The number of benzene rings is 1. The first-order valence-electron chi connectivity index (χ1n) is 8.14. The van der Waals surface area contributed by atoms with Crippen LogP contribution < -0.4 is 4.74 Å². The standard InChI is InChI=1S/C17H22N4O2/c22-16(9-5-11-23-15-7-2-1-3-8-15)21-10-4-6-14(12-21)17-18-13-19-20-17/h1-3,7-8,13-14H,4-6,9-12H2,(H,18,19,20)/t14-/m1/s1. The molecule has 0 unspecified atom stereocenters. The minimum Gasteiger partial charge on any atom is -0.494 e. The zero-order chi connectivity index (χ0) is 15.9. The number of para-hydroxylation sites is 1. The number of ether oxygens (including phenoxy) is 1. The molecule has 0 radical (unpaired) electrons. The molecule has 0 bridgehead atoms. The lowest BCUT2D eigenvalue weighted by Crippen LogP contribution is -2.39. The maximum absolute atomic E-state index is 12.3. The van der Waals surface area contributed by atoms with Crippen molar-refractivity contribution in [3.8, 4) is 5.75 Å². The van der Waals surface area contributed by atoms with Gasteiger partial charge in [0.15, 0.2) is 0 Å². The quantitative estimate of drug-likeness (QED) is 0.831. The molecule has 1 saturated heterocycles. The summed E-state index contributed by atoms with van der Waals surface area (Å²) in [4.78, 5) is 18.5. The summed E-state index contributed by atoms with van der Waals surface area (Å²) in [7, 11) is 0. The molecule has 6 heteroatoms. The summed E-state index contributed by atoms with van der Waals surface area (Å²) in [6.07, 6.45) is 4.85. The second kappa shape index (κ2) is 7.76. The Morgan fingerprint density at radius 2 is 2.22 bits per heavy atom. The molecule has 0 aliphatic carbocycles. The van der Waals surface area contributed by atoms with Crippen LogP contribution in [0.15, 0.2) is 36.7 Å². The zero-order valence-electron chi connectivity index (χ0n) is 13.1. The van der Waals surface area contributed by atoms with Gasteiger partial charge in [0.1, 0.15) is 17.9 Å². The van der Waals surface area contributed by atoms with E-state index in [0.717, 1.165) is 43.9 Å². The van der Waals surface area contributed by atoms with Crippen molar-refractivity contribution in [1.82, 2.24) is 20.1 Å². The number of nitrogens with zero attached hydrogens (tertiary/aromatic N) is 3. The number of piperidine rings is 1. The number of H-pyrrole nitrogens is 1. The molecule has 3 rings (SSSR count). The topological polar surface area (TPSA) is 71.1 Å². The molecule has 0 saturated carbocycles. The average molecular weight is 314 g/mol. The number of nitrogens with one attached hydrogen (secondary N) is 1. The highest BCUT2D eigenvalue weighted by molar-refractivity contribution is 5.76. The molecule has 2 aromatic rings. The van der Waals surface area contributed by atoms with Crippen LogP contribution in [0.4, 0.5) is 0 Å². The van der Waals surface area contributed by atoms with E-state index in [1.165, 1.54) is 6.33 Å². The highest BCUT2D eigenvalue weighted by Crippen LogP contribution is 2.24. The molecular formula is C17H22N4O2. The van der Waals surface area contributed by atoms with Gasteiger partial charge in [0, 0.05) is 25.4 Å². The predicted octanol–water partition coefficient (Wildman–Crippen LogP) is 2.37. The molecular weight excluding hydrogens is 292 g/mol. The number of hydrogen-bond donors (Lipinski definition) is 1. The molecule has 1 atom stereocenters. The maximum atomic E-state index is 12.3. The number of amides is 1. The fourth-order valence-electron chi connectivity index (χ4n) is 2.93. The van der Waals surface area contributed by atoms with E-state index in [1.54, 1.807) is 0 Å². The number of aromatic amines is 1. The van der Waals surface area contributed by atoms with E-state index in [-0.39, 0.29) is 11.8 Å². The molecule has 23 heavy (non-hydrogen) atoms. The Morgan fingerprint density at radius 1 is 1.35 bits per heavy atom. The minimum atomic E-state index is 0.200. The Kier molecular flexibility index (Phi) is 5.24. The average Bonchev–Trinajstić information content (AvgIpc) is 3.14. The lowest BCUT2D eigenvalue weighted by atomic mass is 9.97. The lowest BCUT2D eigenvalue weighted by molar-refractivity contribution is -0.132. The van der Waals surface area contributed by atoms with E-state index in [1.807, 2.05) is 35.2 Å². The van der Waals surface area contributed by atoms with E-state index in [2.05, 4.69) is 15.2 Å². The van der Waals surface area contributed by atoms with Crippen LogP contribution in [0.3, 0.4) is 0 Å². The van der Waals surface area contributed by atoms with Crippen molar-refractivity contribution < 1.29 is 9.53 Å². The zero-order valence-corrected chi connectivity index (χ0v) is 13.1. The molecule has 2 heterocycles. The summed E-state index contributed by atoms with van der Waals surface area (Å²) in [6.45, 7) is 2.13. The van der Waals surface area contributed by atoms with Gasteiger partial charge in [-0.2, -0.15) is 5.10 Å². The number of carbonyl (C=O) groups excluding carboxylic acids is 1. The highest BCUT2D eigenvalue weighted by atomic mass is 16.5. The van der Waals surface area contributed by atoms with E-state index >= 15 is 0 Å². The van der Waals surface area contributed by atoms with Crippen LogP contribution >= 0.6 is 0 Å². The van der Waals surface area contributed by atoms with Gasteiger partial charge in [-0.15, -0.1) is 0 Å². The first kappa shape index (κ1) is 15.5. The predicted molar refractivity (Wildman–Crippen MR) is 86.1 cm³/mol. The van der Waals surface area contributed by atoms with Gasteiger partial charge in [-0.3, -0.25) is 9.89 Å². The number of carbonyl (C=O) groups is 1. The van der Waals surface area contributed by atoms with Crippen LogP contribution in [0.1, 0.15) is 37.4 Å². The van der Waals surface area contributed by atoms with Gasteiger partial charge in [-0.25, -0.2) is 4.98 Å². The first-order chi connectivity index (χ1) is 11.3. The Labute approximate surface area is 135 Å². The van der Waals surface area contributed by atoms with Crippen molar-refractivity contribution in [2.24, 2.45) is 0 Å². The normalized spacial score (nSPS) is 17.9. The van der Waals surface area contributed by atoms with Crippen LogP contribution in [0.5, 0.6) is 5.75 Å². The number of likely N-dealkylation sites (tertiary alicyclic amines) is 1. The third kappa shape index (κ3) is 4.31. The number of hydrogen-bond acceptors (Lipinski definition) is 4. The molecule has 1 aliphatic heterocycles. The van der Waals surface area contributed by atoms with Crippen molar-refractivity contribution in [3.63, 3.8) is 0 Å². The maximum Gasteiger partial charge on any atom is 0.222 e. The molecule has 122 valence electrons. The summed E-state index contributed by atoms with van der Waals surface area (Å²) >= 11 is 0. The van der Waals surface area contributed by atoms with Gasteiger partial charge in [0.2, 0.25) is 5.91 Å². The summed E-state index contributed by atoms with van der Waals surface area (Å²) in [5, 5.41) is 6.82. The molecule has 1 aromatic heterocycles. The Bertz CT molecular complexity index is 600. The number of aromatic nitrogens is 3. The van der Waals surface area contributed by atoms with Crippen molar-refractivity contribution in [2.45, 2.75) is 31.6 Å². The lowest BCUT2D eigenvalue weighted by Gasteiger charge is -2.31. The van der Waals surface area contributed by atoms with E-state index in [4.69, 9.17) is 4.74 Å². The summed E-state index contributed by atoms with van der Waals surface area (Å²) in [6, 6.07) is 9.69. The largest absolute Gasteiger partial charge is 0.494 e. The first-order valence-corrected chi connectivity index (χ1v) is 8.14. The summed E-state index contributed by atoms with van der Waals surface area (Å²) in [5.41, 5.74) is 0. The van der Waals surface area contributed by atoms with Gasteiger partial charge < -0.3 is 9.64 Å². The van der Waals surface area contributed by atoms with E-state index in [0.29, 0.717) is 13.0 Å². The molecule has 1 aromatic carbocycles. The fourth-order valence-corrected chi connectivity index (χ4v) is 2.93. The van der Waals surface area contributed by atoms with Gasteiger partial charge in [0.25, 0.3) is 0 Å². The van der Waals surface area contributed by atoms with Gasteiger partial charge >= 0.3 is 0 Å². The minimum absolute atomic E-state index is 0.200. The van der Waals surface area contributed by atoms with Crippen LogP contribution in [0.25, 0.3) is 0 Å². The van der Waals surface area contributed by atoms with Crippen LogP contribution in [0.2, 0.25) is 0 Å². The van der Waals surface area contributed by atoms with Crippen LogP contribution in [0, 0.1) is 0 Å². The van der Waals surface area contributed by atoms with Crippen LogP contribution in [-0.2, 0) is 4.79 Å². The third-order valence-electron chi connectivity index (χ3n) is 4.14. The smallest absolute Gasteiger partial charge is 0.222 e. The van der Waals surface area contributed by atoms with E-state index < -0.39 is 0 Å². The van der Waals surface area contributed by atoms with Gasteiger partial charge in [0.05, 0.1) is 6.61 Å². The summed E-state index contributed by atoms with van der Waals surface area (Å²) < 4.78 is 5.63. The SMILES string of the molecule is O=C(CCCOc1ccccc1)N1CCC[C@@H](c2ncn[nH]2)C1. The third-order valence-corrected chi connectivity index (χ3v) is 4.14. The van der Waals surface area contributed by atoms with Crippen molar-refractivity contribution in [2.75, 3.05) is 19.7 Å². The summed E-state index contributed by atoms with van der Waals surface area (Å²) in [5.74, 6) is 2.21. The molecule has 1 fully saturated rings. The highest BCUT2D eigenvalue weighted by Gasteiger charge is 2.25. The molecule has 1 aliphatic rings. The molecule has 6 nitrogen and oxygen atoms in total. The number of rotatable bonds is 6. The monoisotopic (exact) mass is 314 g/mol. The van der Waals surface area contributed by atoms with Gasteiger partial charge in [-0.05, 0) is 31.4 Å². The van der Waals surface area contributed by atoms with Gasteiger partial charge in [-0.1, -0.05) is 18.2 Å². The molecule has 1 amide bonds. The Hall–Kier alpha value is -2.37. The Morgan fingerprint density at radius 3 is 3.00 bits per heavy atom. The molecule has 0 spiro atoms. The Balaban J connectivity index is 1.41. The second-order valence-corrected chi connectivity index (χ2v) is 5.81. The van der Waals surface area contributed by atoms with E-state index in [9.17, 15) is 4.79 Å². The van der Waals surface area contributed by atoms with Crippen molar-refractivity contribution >= 4 is 5.91 Å². The second-order valence-electron chi connectivity index (χ2n) is 5.81. The van der Waals surface area contributed by atoms with Crippen LogP contribution in [-0.4, -0.2) is 45.7 Å². The van der Waals surface area contributed by atoms with Crippen molar-refractivity contribution in [1.29, 1.82) is 0 Å². The molecule has 1 N–H and O–H groups in total.